The number of carbonyl (C=O) groups excluding carboxylic acids is 1. The second-order valence-corrected chi connectivity index (χ2v) is 6.26. The van der Waals surface area contributed by atoms with Gasteiger partial charge < -0.3 is 10.1 Å². The number of nitrogens with one attached hydrogen (secondary N) is 1. The number of carbonyl (C=O) groups is 1. The van der Waals surface area contributed by atoms with Crippen LogP contribution in [0.4, 0.5) is 5.69 Å². The van der Waals surface area contributed by atoms with Crippen LogP contribution in [0, 0.1) is 0 Å². The zero-order valence-electron chi connectivity index (χ0n) is 14.4. The van der Waals surface area contributed by atoms with Crippen LogP contribution in [0.3, 0.4) is 0 Å². The molecule has 6 nitrogen and oxygen atoms in total. The summed E-state index contributed by atoms with van der Waals surface area (Å²) in [5.41, 5.74) is 3.22. The van der Waals surface area contributed by atoms with Crippen molar-refractivity contribution in [3.8, 4) is 11.4 Å². The van der Waals surface area contributed by atoms with E-state index in [-0.39, 0.29) is 5.91 Å². The Bertz CT molecular complexity index is 1140. The maximum absolute atomic E-state index is 12.5. The van der Waals surface area contributed by atoms with Crippen LogP contribution in [-0.2, 0) is 0 Å². The number of halogens is 1. The fourth-order valence-electron chi connectivity index (χ4n) is 2.74. The average Bonchev–Trinajstić information content (AvgIpc) is 3.11. The van der Waals surface area contributed by atoms with Crippen molar-refractivity contribution < 1.29 is 9.53 Å². The number of para-hydroxylation sites is 1. The van der Waals surface area contributed by atoms with Gasteiger partial charge >= 0.3 is 0 Å². The number of aromatic nitrogens is 3. The molecule has 134 valence electrons. The van der Waals surface area contributed by atoms with Crippen molar-refractivity contribution in [1.82, 2.24) is 15.0 Å². The van der Waals surface area contributed by atoms with Crippen molar-refractivity contribution in [3.05, 3.63) is 77.3 Å². The number of hydrogen-bond acceptors (Lipinski definition) is 4. The van der Waals surface area contributed by atoms with E-state index in [1.807, 2.05) is 18.2 Å². The number of benzene rings is 3. The van der Waals surface area contributed by atoms with Gasteiger partial charge in [0, 0.05) is 10.7 Å². The van der Waals surface area contributed by atoms with Crippen LogP contribution in [0.5, 0.6) is 5.75 Å². The Morgan fingerprint density at radius 1 is 1.00 bits per heavy atom. The van der Waals surface area contributed by atoms with Gasteiger partial charge in [0.15, 0.2) is 0 Å². The van der Waals surface area contributed by atoms with Gasteiger partial charge in [-0.05, 0) is 48.5 Å². The van der Waals surface area contributed by atoms with Gasteiger partial charge in [-0.15, -0.1) is 10.2 Å². The van der Waals surface area contributed by atoms with Gasteiger partial charge in [0.25, 0.3) is 5.91 Å². The number of anilines is 1. The van der Waals surface area contributed by atoms with Crippen molar-refractivity contribution in [3.63, 3.8) is 0 Å². The molecule has 3 aromatic carbocycles. The topological polar surface area (TPSA) is 69.0 Å². The second kappa shape index (κ2) is 7.09. The normalized spacial score (nSPS) is 10.7. The fraction of sp³-hybridized carbons (Fsp3) is 0.0500. The maximum atomic E-state index is 12.5. The minimum Gasteiger partial charge on any atom is -0.496 e. The first-order valence-corrected chi connectivity index (χ1v) is 8.59. The molecule has 7 heteroatoms. The lowest BCUT2D eigenvalue weighted by molar-refractivity contribution is 0.102. The summed E-state index contributed by atoms with van der Waals surface area (Å²) in [7, 11) is 1.53. The number of methoxy groups -OCH3 is 1. The number of fused-ring (bicyclic) bond motifs is 1. The molecule has 0 unspecified atom stereocenters. The summed E-state index contributed by atoms with van der Waals surface area (Å²) >= 11 is 6.03. The average molecular weight is 379 g/mol. The largest absolute Gasteiger partial charge is 0.496 e. The van der Waals surface area contributed by atoms with Crippen LogP contribution in [0.15, 0.2) is 66.7 Å². The lowest BCUT2D eigenvalue weighted by atomic mass is 10.2. The molecule has 0 aliphatic heterocycles. The smallest absolute Gasteiger partial charge is 0.259 e. The summed E-state index contributed by atoms with van der Waals surface area (Å²) < 4.78 is 5.24. The quantitative estimate of drug-likeness (QED) is 0.573. The molecule has 0 radical (unpaired) electrons. The van der Waals surface area contributed by atoms with E-state index in [1.165, 1.54) is 11.9 Å². The molecule has 1 amide bonds. The second-order valence-electron chi connectivity index (χ2n) is 5.83. The first kappa shape index (κ1) is 17.1. The SMILES string of the molecule is COc1ccccc1C(=O)Nc1ccc2nn(-c3cccc(Cl)c3)nc2c1. The van der Waals surface area contributed by atoms with E-state index in [9.17, 15) is 4.79 Å². The van der Waals surface area contributed by atoms with E-state index >= 15 is 0 Å². The number of hydrogen-bond donors (Lipinski definition) is 1. The van der Waals surface area contributed by atoms with Crippen LogP contribution in [0.25, 0.3) is 16.7 Å². The molecule has 0 atom stereocenters. The van der Waals surface area contributed by atoms with Gasteiger partial charge in [-0.25, -0.2) is 0 Å². The van der Waals surface area contributed by atoms with Crippen molar-refractivity contribution in [2.45, 2.75) is 0 Å². The molecule has 0 bridgehead atoms. The van der Waals surface area contributed by atoms with Crippen LogP contribution < -0.4 is 10.1 Å². The predicted molar refractivity (Wildman–Crippen MR) is 105 cm³/mol. The molecule has 4 rings (SSSR count). The highest BCUT2D eigenvalue weighted by Gasteiger charge is 2.13. The molecule has 0 fully saturated rings. The number of amides is 1. The minimum absolute atomic E-state index is 0.256. The van der Waals surface area contributed by atoms with Gasteiger partial charge in [0.05, 0.1) is 18.4 Å². The van der Waals surface area contributed by atoms with Gasteiger partial charge in [-0.1, -0.05) is 29.8 Å². The first-order valence-electron chi connectivity index (χ1n) is 8.21. The van der Waals surface area contributed by atoms with Crippen molar-refractivity contribution in [2.75, 3.05) is 12.4 Å². The Labute approximate surface area is 160 Å². The zero-order valence-corrected chi connectivity index (χ0v) is 15.1. The summed E-state index contributed by atoms with van der Waals surface area (Å²) in [5.74, 6) is 0.261. The standard InChI is InChI=1S/C20H15ClN4O2/c1-27-19-8-3-2-7-16(19)20(26)22-14-9-10-17-18(12-14)24-25(23-17)15-6-4-5-13(21)11-15/h2-12H,1H3,(H,22,26). The molecule has 0 aliphatic carbocycles. The van der Waals surface area contributed by atoms with Crippen LogP contribution >= 0.6 is 11.6 Å². The molecular formula is C20H15ClN4O2. The lowest BCUT2D eigenvalue weighted by Gasteiger charge is -2.08. The predicted octanol–water partition coefficient (Wildman–Crippen LogP) is 4.33. The fourth-order valence-corrected chi connectivity index (χ4v) is 2.92. The summed E-state index contributed by atoms with van der Waals surface area (Å²) in [6.45, 7) is 0. The Hall–Kier alpha value is -3.38. The molecule has 1 heterocycles. The minimum atomic E-state index is -0.256. The molecule has 27 heavy (non-hydrogen) atoms. The summed E-state index contributed by atoms with van der Waals surface area (Å²) in [6, 6.07) is 19.7. The Balaban J connectivity index is 1.63. The molecule has 1 aromatic heterocycles. The monoisotopic (exact) mass is 378 g/mol. The van der Waals surface area contributed by atoms with Gasteiger partial charge in [-0.2, -0.15) is 4.80 Å². The third kappa shape index (κ3) is 3.47. The number of rotatable bonds is 4. The number of ether oxygens (including phenoxy) is 1. The molecule has 0 saturated heterocycles. The lowest BCUT2D eigenvalue weighted by Crippen LogP contribution is -2.13. The van der Waals surface area contributed by atoms with Crippen LogP contribution in [0.2, 0.25) is 5.02 Å². The third-order valence-corrected chi connectivity index (χ3v) is 4.26. The highest BCUT2D eigenvalue weighted by atomic mass is 35.5. The molecule has 1 N–H and O–H groups in total. The molecular weight excluding hydrogens is 364 g/mol. The zero-order chi connectivity index (χ0) is 18.8. The Morgan fingerprint density at radius 2 is 1.81 bits per heavy atom. The first-order chi connectivity index (χ1) is 13.1. The van der Waals surface area contributed by atoms with Crippen molar-refractivity contribution in [2.24, 2.45) is 0 Å². The summed E-state index contributed by atoms with van der Waals surface area (Å²) in [4.78, 5) is 14.1. The Morgan fingerprint density at radius 3 is 2.63 bits per heavy atom. The highest BCUT2D eigenvalue weighted by molar-refractivity contribution is 6.30. The highest BCUT2D eigenvalue weighted by Crippen LogP contribution is 2.22. The van der Waals surface area contributed by atoms with Gasteiger partial charge in [0.1, 0.15) is 16.8 Å². The number of nitrogens with zero attached hydrogens (tertiary/aromatic N) is 3. The Kier molecular flexibility index (Phi) is 4.48. The van der Waals surface area contributed by atoms with E-state index in [2.05, 4.69) is 15.5 Å². The third-order valence-electron chi connectivity index (χ3n) is 4.03. The molecule has 0 spiro atoms. The van der Waals surface area contributed by atoms with Crippen LogP contribution in [-0.4, -0.2) is 28.0 Å². The summed E-state index contributed by atoms with van der Waals surface area (Å²) in [6.07, 6.45) is 0. The molecule has 0 saturated carbocycles. The van der Waals surface area contributed by atoms with E-state index in [1.54, 1.807) is 48.5 Å². The molecule has 0 aliphatic rings. The van der Waals surface area contributed by atoms with Gasteiger partial charge in [0.2, 0.25) is 0 Å². The maximum Gasteiger partial charge on any atom is 0.259 e. The van der Waals surface area contributed by atoms with Gasteiger partial charge in [-0.3, -0.25) is 4.79 Å². The van der Waals surface area contributed by atoms with E-state index < -0.39 is 0 Å². The van der Waals surface area contributed by atoms with E-state index in [0.717, 1.165) is 5.69 Å². The molecule has 4 aromatic rings. The van der Waals surface area contributed by atoms with Crippen molar-refractivity contribution in [1.29, 1.82) is 0 Å². The van der Waals surface area contributed by atoms with E-state index in [0.29, 0.717) is 33.1 Å². The summed E-state index contributed by atoms with van der Waals surface area (Å²) in [5, 5.41) is 12.4. The van der Waals surface area contributed by atoms with Crippen molar-refractivity contribution >= 4 is 34.2 Å². The van der Waals surface area contributed by atoms with Crippen LogP contribution in [0.1, 0.15) is 10.4 Å². The van der Waals surface area contributed by atoms with E-state index in [4.69, 9.17) is 16.3 Å².